The average molecular weight is 397 g/mol. The predicted octanol–water partition coefficient (Wildman–Crippen LogP) is 3.23. The van der Waals surface area contributed by atoms with Crippen molar-refractivity contribution in [3.63, 3.8) is 0 Å². The normalized spacial score (nSPS) is 10.5. The van der Waals surface area contributed by atoms with Gasteiger partial charge in [0.1, 0.15) is 5.82 Å². The molecule has 0 fully saturated rings. The molecule has 0 unspecified atom stereocenters. The number of aromatic nitrogens is 2. The van der Waals surface area contributed by atoms with Crippen molar-refractivity contribution < 1.29 is 9.59 Å². The van der Waals surface area contributed by atoms with Gasteiger partial charge in [0.15, 0.2) is 5.69 Å². The number of hydrogen-bond acceptors (Lipinski definition) is 3. The lowest BCUT2D eigenvalue weighted by molar-refractivity contribution is -0.115. The summed E-state index contributed by atoms with van der Waals surface area (Å²) in [5.41, 5.74) is 2.22. The Hall–Kier alpha value is -3.12. The zero-order chi connectivity index (χ0) is 19.9. The number of rotatable bonds is 7. The molecule has 0 bridgehead atoms. The zero-order valence-electron chi connectivity index (χ0n) is 15.5. The van der Waals surface area contributed by atoms with E-state index in [1.165, 1.54) is 4.68 Å². The zero-order valence-corrected chi connectivity index (χ0v) is 16.2. The third kappa shape index (κ3) is 5.44. The van der Waals surface area contributed by atoms with Crippen molar-refractivity contribution >= 4 is 29.2 Å². The van der Waals surface area contributed by atoms with Crippen LogP contribution in [0.2, 0.25) is 5.02 Å². The maximum absolute atomic E-state index is 12.3. The first-order valence-corrected chi connectivity index (χ1v) is 9.29. The molecule has 0 radical (unpaired) electrons. The number of amides is 2. The van der Waals surface area contributed by atoms with Gasteiger partial charge in [0.25, 0.3) is 5.91 Å². The Morgan fingerprint density at radius 1 is 1.04 bits per heavy atom. The molecule has 0 aliphatic carbocycles. The summed E-state index contributed by atoms with van der Waals surface area (Å²) in [6, 6.07) is 18.5. The Labute approximate surface area is 168 Å². The van der Waals surface area contributed by atoms with Crippen molar-refractivity contribution in [2.24, 2.45) is 7.05 Å². The first kappa shape index (κ1) is 19.6. The molecule has 1 heterocycles. The molecule has 0 aliphatic heterocycles. The molecule has 2 aromatic carbocycles. The lowest BCUT2D eigenvalue weighted by atomic mass is 10.1. The molecule has 1 aromatic heterocycles. The molecule has 0 aliphatic rings. The fourth-order valence-electron chi connectivity index (χ4n) is 2.77. The van der Waals surface area contributed by atoms with E-state index in [0.717, 1.165) is 11.1 Å². The molecule has 0 saturated carbocycles. The van der Waals surface area contributed by atoms with Crippen LogP contribution in [-0.4, -0.2) is 28.1 Å². The highest BCUT2D eigenvalue weighted by Gasteiger charge is 2.14. The van der Waals surface area contributed by atoms with Gasteiger partial charge in [-0.15, -0.1) is 0 Å². The highest BCUT2D eigenvalue weighted by atomic mass is 35.5. The Bertz CT molecular complexity index is 970. The van der Waals surface area contributed by atoms with Gasteiger partial charge in [0.2, 0.25) is 5.91 Å². The Balaban J connectivity index is 1.53. The van der Waals surface area contributed by atoms with E-state index in [0.29, 0.717) is 23.8 Å². The highest BCUT2D eigenvalue weighted by molar-refractivity contribution is 6.30. The maximum Gasteiger partial charge on any atom is 0.271 e. The van der Waals surface area contributed by atoms with Crippen molar-refractivity contribution in [3.8, 4) is 0 Å². The number of benzene rings is 2. The van der Waals surface area contributed by atoms with Crippen LogP contribution in [0, 0.1) is 0 Å². The number of hydrogen-bond donors (Lipinski definition) is 2. The second-order valence-electron chi connectivity index (χ2n) is 6.38. The van der Waals surface area contributed by atoms with Crippen LogP contribution >= 0.6 is 11.6 Å². The summed E-state index contributed by atoms with van der Waals surface area (Å²) >= 11 is 5.96. The van der Waals surface area contributed by atoms with Crippen LogP contribution in [0.1, 0.15) is 21.6 Å². The molecule has 28 heavy (non-hydrogen) atoms. The quantitative estimate of drug-likeness (QED) is 0.643. The Kier molecular flexibility index (Phi) is 6.45. The van der Waals surface area contributed by atoms with Crippen LogP contribution < -0.4 is 10.6 Å². The van der Waals surface area contributed by atoms with Crippen molar-refractivity contribution in [1.82, 2.24) is 15.1 Å². The van der Waals surface area contributed by atoms with E-state index in [-0.39, 0.29) is 23.9 Å². The van der Waals surface area contributed by atoms with Gasteiger partial charge in [0.05, 0.1) is 6.42 Å². The minimum absolute atomic E-state index is 0.165. The van der Waals surface area contributed by atoms with Gasteiger partial charge >= 0.3 is 0 Å². The standard InChI is InChI=1S/C21H21ClN4O2/c1-26-19(24-20(27)13-15-6-3-2-4-7-15)14-18(25-26)21(28)23-11-10-16-8-5-9-17(22)12-16/h2-9,12,14H,10-11,13H2,1H3,(H,23,28)(H,24,27). The Morgan fingerprint density at radius 2 is 1.79 bits per heavy atom. The molecule has 0 spiro atoms. The molecule has 0 saturated heterocycles. The van der Waals surface area contributed by atoms with E-state index < -0.39 is 0 Å². The third-order valence-electron chi connectivity index (χ3n) is 4.18. The molecular formula is C21H21ClN4O2. The summed E-state index contributed by atoms with van der Waals surface area (Å²) in [6.07, 6.45) is 0.924. The topological polar surface area (TPSA) is 76.0 Å². The van der Waals surface area contributed by atoms with Crippen molar-refractivity contribution in [3.05, 3.63) is 82.5 Å². The van der Waals surface area contributed by atoms with E-state index in [4.69, 9.17) is 11.6 Å². The summed E-state index contributed by atoms with van der Waals surface area (Å²) in [4.78, 5) is 24.5. The van der Waals surface area contributed by atoms with Gasteiger partial charge in [0, 0.05) is 24.7 Å². The second-order valence-corrected chi connectivity index (χ2v) is 6.82. The third-order valence-corrected chi connectivity index (χ3v) is 4.41. The van der Waals surface area contributed by atoms with Gasteiger partial charge in [-0.2, -0.15) is 5.10 Å². The van der Waals surface area contributed by atoms with Crippen LogP contribution in [0.3, 0.4) is 0 Å². The summed E-state index contributed by atoms with van der Waals surface area (Å²) in [5, 5.41) is 10.5. The first-order valence-electron chi connectivity index (χ1n) is 8.92. The number of nitrogens with one attached hydrogen (secondary N) is 2. The van der Waals surface area contributed by atoms with E-state index >= 15 is 0 Å². The van der Waals surface area contributed by atoms with Crippen molar-refractivity contribution in [2.75, 3.05) is 11.9 Å². The molecule has 144 valence electrons. The summed E-state index contributed by atoms with van der Waals surface area (Å²) in [5.74, 6) is 0.0178. The fraction of sp³-hybridized carbons (Fsp3) is 0.190. The molecule has 7 heteroatoms. The second kappa shape index (κ2) is 9.19. The monoisotopic (exact) mass is 396 g/mol. The molecule has 0 atom stereocenters. The average Bonchev–Trinajstić information content (AvgIpc) is 3.03. The summed E-state index contributed by atoms with van der Waals surface area (Å²) in [6.45, 7) is 0.464. The van der Waals surface area contributed by atoms with Crippen LogP contribution in [-0.2, 0) is 24.7 Å². The first-order chi connectivity index (χ1) is 13.5. The molecule has 2 amide bonds. The van der Waals surface area contributed by atoms with Crippen LogP contribution in [0.5, 0.6) is 0 Å². The number of carbonyl (C=O) groups is 2. The van der Waals surface area contributed by atoms with Crippen molar-refractivity contribution in [2.45, 2.75) is 12.8 Å². The predicted molar refractivity (Wildman–Crippen MR) is 109 cm³/mol. The maximum atomic E-state index is 12.3. The van der Waals surface area contributed by atoms with Gasteiger partial charge in [-0.05, 0) is 29.7 Å². The smallest absolute Gasteiger partial charge is 0.271 e. The summed E-state index contributed by atoms with van der Waals surface area (Å²) in [7, 11) is 1.68. The lowest BCUT2D eigenvalue weighted by Crippen LogP contribution is -2.26. The summed E-state index contributed by atoms with van der Waals surface area (Å²) < 4.78 is 1.48. The highest BCUT2D eigenvalue weighted by Crippen LogP contribution is 2.12. The van der Waals surface area contributed by atoms with E-state index in [9.17, 15) is 9.59 Å². The lowest BCUT2D eigenvalue weighted by Gasteiger charge is -2.04. The number of aryl methyl sites for hydroxylation is 1. The molecule has 3 aromatic rings. The van der Waals surface area contributed by atoms with Gasteiger partial charge in [-0.25, -0.2) is 0 Å². The van der Waals surface area contributed by atoms with E-state index in [1.807, 2.05) is 54.6 Å². The minimum Gasteiger partial charge on any atom is -0.350 e. The number of anilines is 1. The van der Waals surface area contributed by atoms with Gasteiger partial charge in [-0.3, -0.25) is 14.3 Å². The van der Waals surface area contributed by atoms with Gasteiger partial charge < -0.3 is 10.6 Å². The van der Waals surface area contributed by atoms with E-state index in [2.05, 4.69) is 15.7 Å². The number of carbonyl (C=O) groups excluding carboxylic acids is 2. The van der Waals surface area contributed by atoms with Crippen LogP contribution in [0.15, 0.2) is 60.7 Å². The number of halogens is 1. The van der Waals surface area contributed by atoms with Crippen LogP contribution in [0.25, 0.3) is 0 Å². The van der Waals surface area contributed by atoms with E-state index in [1.54, 1.807) is 13.1 Å². The largest absolute Gasteiger partial charge is 0.350 e. The molecule has 2 N–H and O–H groups in total. The van der Waals surface area contributed by atoms with Crippen molar-refractivity contribution in [1.29, 1.82) is 0 Å². The van der Waals surface area contributed by atoms with Crippen LogP contribution in [0.4, 0.5) is 5.82 Å². The Morgan fingerprint density at radius 3 is 2.54 bits per heavy atom. The van der Waals surface area contributed by atoms with Gasteiger partial charge in [-0.1, -0.05) is 54.1 Å². The number of nitrogens with zero attached hydrogens (tertiary/aromatic N) is 2. The molecule has 3 rings (SSSR count). The molecular weight excluding hydrogens is 376 g/mol. The minimum atomic E-state index is -0.291. The fourth-order valence-corrected chi connectivity index (χ4v) is 2.98. The SMILES string of the molecule is Cn1nc(C(=O)NCCc2cccc(Cl)c2)cc1NC(=O)Cc1ccccc1. The molecule has 6 nitrogen and oxygen atoms in total.